The molecule has 0 unspecified atom stereocenters. The summed E-state index contributed by atoms with van der Waals surface area (Å²) in [6, 6.07) is 8.37. The Morgan fingerprint density at radius 2 is 1.93 bits per heavy atom. The van der Waals surface area contributed by atoms with Gasteiger partial charge in [0, 0.05) is 36.5 Å². The quantitative estimate of drug-likeness (QED) is 0.715. The molecule has 3 heterocycles. The van der Waals surface area contributed by atoms with Crippen LogP contribution in [0.25, 0.3) is 5.78 Å². The average Bonchev–Trinajstić information content (AvgIpc) is 3.07. The lowest BCUT2D eigenvalue weighted by Gasteiger charge is -2.29. The predicted molar refractivity (Wildman–Crippen MR) is 104 cm³/mol. The van der Waals surface area contributed by atoms with Crippen LogP contribution in [0.2, 0.25) is 0 Å². The van der Waals surface area contributed by atoms with Crippen molar-refractivity contribution in [3.05, 3.63) is 58.2 Å². The first-order chi connectivity index (χ1) is 13.1. The Labute approximate surface area is 159 Å². The summed E-state index contributed by atoms with van der Waals surface area (Å²) < 4.78 is 1.78. The maximum Gasteiger partial charge on any atom is 0.252 e. The number of fused-ring (bicyclic) bond motifs is 2. The van der Waals surface area contributed by atoms with E-state index in [9.17, 15) is 4.79 Å². The van der Waals surface area contributed by atoms with Gasteiger partial charge < -0.3 is 4.90 Å². The Kier molecular flexibility index (Phi) is 4.64. The normalized spacial score (nSPS) is 13.8. The minimum atomic E-state index is 0.144. The molecule has 1 aliphatic rings. The smallest absolute Gasteiger partial charge is 0.252 e. The standard InChI is InChI=1S/C21H25N5O/c1-4-7-19-23-21-22-14(2)18(15(3)26(21)24-19)12-20(27)25-11-10-16-8-5-6-9-17(16)13-25/h5-6,8-9H,4,7,10-13H2,1-3H3. The number of amides is 1. The molecule has 0 aliphatic carbocycles. The molecule has 27 heavy (non-hydrogen) atoms. The van der Waals surface area contributed by atoms with E-state index in [1.165, 1.54) is 11.1 Å². The molecule has 0 spiro atoms. The molecule has 6 heteroatoms. The van der Waals surface area contributed by atoms with Gasteiger partial charge in [-0.3, -0.25) is 4.79 Å². The number of aryl methyl sites for hydroxylation is 3. The summed E-state index contributed by atoms with van der Waals surface area (Å²) in [6.45, 7) is 7.52. The number of carbonyl (C=O) groups excluding carboxylic acids is 1. The van der Waals surface area contributed by atoms with E-state index < -0.39 is 0 Å². The van der Waals surface area contributed by atoms with Gasteiger partial charge in [0.15, 0.2) is 5.82 Å². The monoisotopic (exact) mass is 363 g/mol. The highest BCUT2D eigenvalue weighted by molar-refractivity contribution is 5.79. The van der Waals surface area contributed by atoms with Crippen LogP contribution in [0.5, 0.6) is 0 Å². The Balaban J connectivity index is 1.58. The van der Waals surface area contributed by atoms with Crippen LogP contribution in [0.15, 0.2) is 24.3 Å². The van der Waals surface area contributed by atoms with Crippen LogP contribution in [0, 0.1) is 13.8 Å². The molecule has 0 radical (unpaired) electrons. The Morgan fingerprint density at radius 1 is 1.15 bits per heavy atom. The molecule has 140 valence electrons. The first kappa shape index (κ1) is 17.6. The second-order valence-corrected chi connectivity index (χ2v) is 7.26. The molecule has 0 saturated heterocycles. The van der Waals surface area contributed by atoms with E-state index in [0.717, 1.165) is 48.6 Å². The van der Waals surface area contributed by atoms with Crippen molar-refractivity contribution in [2.45, 2.75) is 53.0 Å². The molecule has 0 N–H and O–H groups in total. The first-order valence-electron chi connectivity index (χ1n) is 9.63. The molecule has 3 aromatic rings. The summed E-state index contributed by atoms with van der Waals surface area (Å²) in [7, 11) is 0. The Bertz CT molecular complexity index is 1010. The third kappa shape index (κ3) is 3.31. The highest BCUT2D eigenvalue weighted by Gasteiger charge is 2.23. The van der Waals surface area contributed by atoms with Crippen molar-refractivity contribution >= 4 is 11.7 Å². The topological polar surface area (TPSA) is 63.4 Å². The second kappa shape index (κ2) is 7.10. The van der Waals surface area contributed by atoms with E-state index in [4.69, 9.17) is 0 Å². The van der Waals surface area contributed by atoms with Crippen LogP contribution in [0.3, 0.4) is 0 Å². The molecule has 4 rings (SSSR count). The summed E-state index contributed by atoms with van der Waals surface area (Å²) in [4.78, 5) is 24.0. The zero-order chi connectivity index (χ0) is 19.0. The molecular weight excluding hydrogens is 338 g/mol. The minimum Gasteiger partial charge on any atom is -0.338 e. The van der Waals surface area contributed by atoms with E-state index in [1.54, 1.807) is 4.52 Å². The van der Waals surface area contributed by atoms with Gasteiger partial charge in [-0.2, -0.15) is 4.98 Å². The molecule has 2 aromatic heterocycles. The lowest BCUT2D eigenvalue weighted by molar-refractivity contribution is -0.131. The van der Waals surface area contributed by atoms with Crippen molar-refractivity contribution in [3.63, 3.8) is 0 Å². The van der Waals surface area contributed by atoms with Gasteiger partial charge >= 0.3 is 0 Å². The van der Waals surface area contributed by atoms with E-state index in [-0.39, 0.29) is 5.91 Å². The van der Waals surface area contributed by atoms with Gasteiger partial charge in [0.1, 0.15) is 0 Å². The number of nitrogens with zero attached hydrogens (tertiary/aromatic N) is 5. The number of hydrogen-bond donors (Lipinski definition) is 0. The van der Waals surface area contributed by atoms with Gasteiger partial charge in [0.05, 0.1) is 6.42 Å². The van der Waals surface area contributed by atoms with Crippen LogP contribution in [0.4, 0.5) is 0 Å². The van der Waals surface area contributed by atoms with Gasteiger partial charge in [0.25, 0.3) is 5.78 Å². The molecule has 1 aromatic carbocycles. The molecule has 0 bridgehead atoms. The first-order valence-corrected chi connectivity index (χ1v) is 9.63. The third-order valence-corrected chi connectivity index (χ3v) is 5.38. The van der Waals surface area contributed by atoms with Crippen molar-refractivity contribution in [2.75, 3.05) is 6.54 Å². The summed E-state index contributed by atoms with van der Waals surface area (Å²) in [5.74, 6) is 1.57. The average molecular weight is 363 g/mol. The highest BCUT2D eigenvalue weighted by atomic mass is 16.2. The van der Waals surface area contributed by atoms with Crippen LogP contribution < -0.4 is 0 Å². The minimum absolute atomic E-state index is 0.144. The van der Waals surface area contributed by atoms with E-state index >= 15 is 0 Å². The zero-order valence-corrected chi connectivity index (χ0v) is 16.2. The second-order valence-electron chi connectivity index (χ2n) is 7.26. The molecule has 0 atom stereocenters. The maximum absolute atomic E-state index is 13.0. The SMILES string of the molecule is CCCc1nc2nc(C)c(CC(=O)N3CCc4ccccc4C3)c(C)n2n1. The number of hydrogen-bond acceptors (Lipinski definition) is 4. The summed E-state index contributed by atoms with van der Waals surface area (Å²) >= 11 is 0. The van der Waals surface area contributed by atoms with E-state index in [0.29, 0.717) is 18.7 Å². The highest BCUT2D eigenvalue weighted by Crippen LogP contribution is 2.21. The largest absolute Gasteiger partial charge is 0.338 e. The van der Waals surface area contributed by atoms with Gasteiger partial charge in [0.2, 0.25) is 5.91 Å². The molecular formula is C21H25N5O. The van der Waals surface area contributed by atoms with Crippen molar-refractivity contribution in [1.82, 2.24) is 24.5 Å². The van der Waals surface area contributed by atoms with Gasteiger partial charge in [-0.25, -0.2) is 9.50 Å². The van der Waals surface area contributed by atoms with Gasteiger partial charge in [-0.05, 0) is 37.8 Å². The van der Waals surface area contributed by atoms with Crippen molar-refractivity contribution < 1.29 is 4.79 Å². The fourth-order valence-corrected chi connectivity index (χ4v) is 3.81. The van der Waals surface area contributed by atoms with Crippen LogP contribution in [-0.2, 0) is 30.6 Å². The fourth-order valence-electron chi connectivity index (χ4n) is 3.81. The lowest BCUT2D eigenvalue weighted by atomic mass is 9.99. The van der Waals surface area contributed by atoms with Crippen LogP contribution >= 0.6 is 0 Å². The van der Waals surface area contributed by atoms with E-state index in [2.05, 4.69) is 40.2 Å². The molecule has 1 amide bonds. The zero-order valence-electron chi connectivity index (χ0n) is 16.2. The molecule has 1 aliphatic heterocycles. The number of rotatable bonds is 4. The molecule has 0 fully saturated rings. The number of carbonyl (C=O) groups is 1. The summed E-state index contributed by atoms with van der Waals surface area (Å²) in [5.41, 5.74) is 5.38. The number of benzene rings is 1. The van der Waals surface area contributed by atoms with Gasteiger partial charge in [-0.15, -0.1) is 5.10 Å². The predicted octanol–water partition coefficient (Wildman–Crippen LogP) is 2.82. The summed E-state index contributed by atoms with van der Waals surface area (Å²) in [5, 5.41) is 4.57. The molecule has 0 saturated carbocycles. The van der Waals surface area contributed by atoms with Crippen LogP contribution in [0.1, 0.15) is 47.2 Å². The van der Waals surface area contributed by atoms with Gasteiger partial charge in [-0.1, -0.05) is 31.2 Å². The Hall–Kier alpha value is -2.76. The number of aromatic nitrogens is 4. The van der Waals surface area contributed by atoms with Crippen molar-refractivity contribution in [1.29, 1.82) is 0 Å². The van der Waals surface area contributed by atoms with E-state index in [1.807, 2.05) is 24.8 Å². The maximum atomic E-state index is 13.0. The van der Waals surface area contributed by atoms with Crippen LogP contribution in [-0.4, -0.2) is 36.9 Å². The summed E-state index contributed by atoms with van der Waals surface area (Å²) in [6.07, 6.45) is 3.10. The van der Waals surface area contributed by atoms with Crippen molar-refractivity contribution in [2.24, 2.45) is 0 Å². The Morgan fingerprint density at radius 3 is 2.70 bits per heavy atom. The fraction of sp³-hybridized carbons (Fsp3) is 0.429. The third-order valence-electron chi connectivity index (χ3n) is 5.38. The lowest BCUT2D eigenvalue weighted by Crippen LogP contribution is -2.37. The van der Waals surface area contributed by atoms with Crippen molar-refractivity contribution in [3.8, 4) is 0 Å². The molecule has 6 nitrogen and oxygen atoms in total.